The minimum absolute atomic E-state index is 0.419. The van der Waals surface area contributed by atoms with E-state index in [-0.39, 0.29) is 0 Å². The van der Waals surface area contributed by atoms with Gasteiger partial charge in [-0.25, -0.2) is 4.68 Å². The molecule has 6 nitrogen and oxygen atoms in total. The molecule has 0 aliphatic heterocycles. The summed E-state index contributed by atoms with van der Waals surface area (Å²) in [6, 6.07) is 0. The number of nitrogens with two attached hydrogens (primary N) is 1. The summed E-state index contributed by atoms with van der Waals surface area (Å²) in [5.74, 6) is 0.765. The van der Waals surface area contributed by atoms with E-state index in [0.717, 1.165) is 25.2 Å². The summed E-state index contributed by atoms with van der Waals surface area (Å²) in [5, 5.41) is 11.6. The van der Waals surface area contributed by atoms with Crippen LogP contribution >= 0.6 is 0 Å². The summed E-state index contributed by atoms with van der Waals surface area (Å²) in [5.41, 5.74) is 5.04. The molecule has 0 aromatic carbocycles. The van der Waals surface area contributed by atoms with E-state index in [2.05, 4.69) is 15.5 Å². The second kappa shape index (κ2) is 5.18. The van der Waals surface area contributed by atoms with Gasteiger partial charge < -0.3 is 10.5 Å². The van der Waals surface area contributed by atoms with Gasteiger partial charge in [-0.2, -0.15) is 0 Å². The topological polar surface area (TPSA) is 78.9 Å². The van der Waals surface area contributed by atoms with E-state index in [9.17, 15) is 0 Å². The molecule has 0 saturated carbocycles. The number of methoxy groups -OCH3 is 1. The predicted molar refractivity (Wildman–Crippen MR) is 56.1 cm³/mol. The predicted octanol–water partition coefficient (Wildman–Crippen LogP) is 0.293. The zero-order valence-corrected chi connectivity index (χ0v) is 9.60. The Kier molecular flexibility index (Phi) is 4.16. The third-order valence-electron chi connectivity index (χ3n) is 2.70. The minimum Gasteiger partial charge on any atom is -0.370 e. The Hall–Kier alpha value is -1.01. The lowest BCUT2D eigenvalue weighted by atomic mass is 10.0. The minimum atomic E-state index is -0.419. The molecule has 0 aliphatic rings. The highest BCUT2D eigenvalue weighted by Gasteiger charge is 2.30. The normalized spacial score (nSPS) is 15.2. The lowest BCUT2D eigenvalue weighted by Crippen LogP contribution is -2.28. The first kappa shape index (κ1) is 12.1. The Morgan fingerprint density at radius 2 is 2.27 bits per heavy atom. The highest BCUT2D eigenvalue weighted by atomic mass is 16.5. The molecule has 15 heavy (non-hydrogen) atoms. The Labute approximate surface area is 89.8 Å². The van der Waals surface area contributed by atoms with Crippen molar-refractivity contribution in [3.8, 4) is 0 Å². The molecule has 0 amide bonds. The number of ether oxygens (including phenoxy) is 1. The van der Waals surface area contributed by atoms with Crippen LogP contribution in [0, 0.1) is 0 Å². The van der Waals surface area contributed by atoms with Crippen LogP contribution in [0.3, 0.4) is 0 Å². The molecule has 0 aliphatic carbocycles. The maximum atomic E-state index is 5.46. The van der Waals surface area contributed by atoms with E-state index in [1.165, 1.54) is 0 Å². The average Bonchev–Trinajstić information content (AvgIpc) is 2.74. The van der Waals surface area contributed by atoms with Gasteiger partial charge in [0.1, 0.15) is 5.60 Å². The first-order chi connectivity index (χ1) is 7.18. The number of aromatic nitrogens is 4. The van der Waals surface area contributed by atoms with Gasteiger partial charge >= 0.3 is 0 Å². The Morgan fingerprint density at radius 1 is 1.53 bits per heavy atom. The van der Waals surface area contributed by atoms with Crippen molar-refractivity contribution in [2.24, 2.45) is 5.73 Å². The monoisotopic (exact) mass is 213 g/mol. The largest absolute Gasteiger partial charge is 0.370 e. The van der Waals surface area contributed by atoms with Crippen LogP contribution in [0.5, 0.6) is 0 Å². The second-order valence-electron chi connectivity index (χ2n) is 3.66. The summed E-state index contributed by atoms with van der Waals surface area (Å²) in [7, 11) is 1.67. The standard InChI is InChI=1S/C9H19N5O/c1-4-9(2,15-3)8-11-12-13-14(8)7-5-6-10/h4-7,10H2,1-3H3. The maximum Gasteiger partial charge on any atom is 0.183 e. The molecule has 0 saturated heterocycles. The SMILES string of the molecule is CCC(C)(OC)c1nnnn1CCCN. The van der Waals surface area contributed by atoms with Crippen molar-refractivity contribution in [1.82, 2.24) is 20.2 Å². The van der Waals surface area contributed by atoms with E-state index in [1.54, 1.807) is 11.8 Å². The van der Waals surface area contributed by atoms with E-state index in [1.807, 2.05) is 13.8 Å². The van der Waals surface area contributed by atoms with Crippen molar-refractivity contribution >= 4 is 0 Å². The average molecular weight is 213 g/mol. The van der Waals surface area contributed by atoms with Gasteiger partial charge in [-0.3, -0.25) is 0 Å². The maximum absolute atomic E-state index is 5.46. The Morgan fingerprint density at radius 3 is 2.80 bits per heavy atom. The van der Waals surface area contributed by atoms with E-state index in [0.29, 0.717) is 6.54 Å². The molecule has 0 radical (unpaired) electrons. The van der Waals surface area contributed by atoms with Gasteiger partial charge in [0.25, 0.3) is 0 Å². The van der Waals surface area contributed by atoms with Gasteiger partial charge in [-0.05, 0) is 36.7 Å². The Balaban J connectivity index is 2.87. The van der Waals surface area contributed by atoms with Crippen LogP contribution in [0.4, 0.5) is 0 Å². The summed E-state index contributed by atoms with van der Waals surface area (Å²) >= 11 is 0. The van der Waals surface area contributed by atoms with Crippen LogP contribution in [-0.4, -0.2) is 33.9 Å². The second-order valence-corrected chi connectivity index (χ2v) is 3.66. The van der Waals surface area contributed by atoms with Gasteiger partial charge in [-0.15, -0.1) is 5.10 Å². The lowest BCUT2D eigenvalue weighted by Gasteiger charge is -2.24. The van der Waals surface area contributed by atoms with Gasteiger partial charge in [0.15, 0.2) is 5.82 Å². The fourth-order valence-corrected chi connectivity index (χ4v) is 1.37. The van der Waals surface area contributed by atoms with Crippen LogP contribution in [0.1, 0.15) is 32.5 Å². The van der Waals surface area contributed by atoms with Gasteiger partial charge in [0.05, 0.1) is 0 Å². The summed E-state index contributed by atoms with van der Waals surface area (Å²) in [6.45, 7) is 5.40. The van der Waals surface area contributed by atoms with Crippen molar-refractivity contribution in [2.45, 2.75) is 38.8 Å². The molecule has 6 heteroatoms. The van der Waals surface area contributed by atoms with Crippen molar-refractivity contribution < 1.29 is 4.74 Å². The molecule has 1 heterocycles. The summed E-state index contributed by atoms with van der Waals surface area (Å²) < 4.78 is 7.22. The highest BCUT2D eigenvalue weighted by molar-refractivity contribution is 4.97. The van der Waals surface area contributed by atoms with Gasteiger partial charge in [-0.1, -0.05) is 6.92 Å². The molecule has 1 rings (SSSR count). The summed E-state index contributed by atoms with van der Waals surface area (Å²) in [4.78, 5) is 0. The van der Waals surface area contributed by atoms with Crippen molar-refractivity contribution in [2.75, 3.05) is 13.7 Å². The number of aryl methyl sites for hydroxylation is 1. The molecule has 1 unspecified atom stereocenters. The van der Waals surface area contributed by atoms with Crippen molar-refractivity contribution in [3.05, 3.63) is 5.82 Å². The molecule has 1 atom stereocenters. The van der Waals surface area contributed by atoms with Crippen LogP contribution in [-0.2, 0) is 16.9 Å². The molecule has 0 spiro atoms. The van der Waals surface area contributed by atoms with E-state index in [4.69, 9.17) is 10.5 Å². The van der Waals surface area contributed by atoms with Crippen LogP contribution in [0.25, 0.3) is 0 Å². The Bertz CT molecular complexity index is 294. The molecule has 2 N–H and O–H groups in total. The molecule has 86 valence electrons. The molecule has 0 fully saturated rings. The van der Waals surface area contributed by atoms with E-state index >= 15 is 0 Å². The number of hydrogen-bond donors (Lipinski definition) is 1. The number of nitrogens with zero attached hydrogens (tertiary/aromatic N) is 4. The number of tetrazole rings is 1. The molecule has 0 bridgehead atoms. The first-order valence-corrected chi connectivity index (χ1v) is 5.19. The van der Waals surface area contributed by atoms with Crippen molar-refractivity contribution in [3.63, 3.8) is 0 Å². The third kappa shape index (κ3) is 2.51. The third-order valence-corrected chi connectivity index (χ3v) is 2.70. The van der Waals surface area contributed by atoms with Crippen LogP contribution in [0.2, 0.25) is 0 Å². The van der Waals surface area contributed by atoms with Gasteiger partial charge in [0, 0.05) is 13.7 Å². The lowest BCUT2D eigenvalue weighted by molar-refractivity contribution is -0.0128. The molecular weight excluding hydrogens is 194 g/mol. The van der Waals surface area contributed by atoms with Crippen LogP contribution in [0.15, 0.2) is 0 Å². The zero-order chi connectivity index (χ0) is 11.3. The quantitative estimate of drug-likeness (QED) is 0.735. The number of hydrogen-bond acceptors (Lipinski definition) is 5. The zero-order valence-electron chi connectivity index (χ0n) is 9.60. The van der Waals surface area contributed by atoms with E-state index < -0.39 is 5.60 Å². The van der Waals surface area contributed by atoms with Crippen molar-refractivity contribution in [1.29, 1.82) is 0 Å². The fourth-order valence-electron chi connectivity index (χ4n) is 1.37. The molecular formula is C9H19N5O. The highest BCUT2D eigenvalue weighted by Crippen LogP contribution is 2.25. The molecule has 1 aromatic heterocycles. The summed E-state index contributed by atoms with van der Waals surface area (Å²) in [6.07, 6.45) is 1.69. The molecule has 1 aromatic rings. The smallest absolute Gasteiger partial charge is 0.183 e. The van der Waals surface area contributed by atoms with Crippen LogP contribution < -0.4 is 5.73 Å². The first-order valence-electron chi connectivity index (χ1n) is 5.19. The fraction of sp³-hybridized carbons (Fsp3) is 0.889. The number of rotatable bonds is 6. The van der Waals surface area contributed by atoms with Gasteiger partial charge in [0.2, 0.25) is 0 Å².